The van der Waals surface area contributed by atoms with Gasteiger partial charge in [0.05, 0.1) is 12.2 Å². The summed E-state index contributed by atoms with van der Waals surface area (Å²) in [4.78, 5) is 2.18. The van der Waals surface area contributed by atoms with Crippen LogP contribution in [0.15, 0.2) is 0 Å². The zero-order chi connectivity index (χ0) is 9.26. The van der Waals surface area contributed by atoms with Crippen molar-refractivity contribution in [3.05, 3.63) is 0 Å². The van der Waals surface area contributed by atoms with Gasteiger partial charge < -0.3 is 14.9 Å². The normalized spacial score (nSPS) is 38.3. The van der Waals surface area contributed by atoms with E-state index in [0.29, 0.717) is 19.1 Å². The Labute approximate surface area is 78.1 Å². The quantitative estimate of drug-likeness (QED) is 0.564. The summed E-state index contributed by atoms with van der Waals surface area (Å²) in [5.41, 5.74) is 0. The lowest BCUT2D eigenvalue weighted by Crippen LogP contribution is -2.38. The van der Waals surface area contributed by atoms with Crippen molar-refractivity contribution in [1.82, 2.24) is 4.90 Å². The first kappa shape index (κ1) is 9.40. The van der Waals surface area contributed by atoms with Crippen molar-refractivity contribution in [2.75, 3.05) is 26.3 Å². The van der Waals surface area contributed by atoms with Gasteiger partial charge in [0.1, 0.15) is 0 Å². The summed E-state index contributed by atoms with van der Waals surface area (Å²) in [5, 5.41) is 18.8. The summed E-state index contributed by atoms with van der Waals surface area (Å²) in [5.74, 6) is 0. The van der Waals surface area contributed by atoms with Crippen LogP contribution in [0.3, 0.4) is 0 Å². The van der Waals surface area contributed by atoms with Gasteiger partial charge in [0, 0.05) is 32.3 Å². The Hall–Kier alpha value is -0.160. The Kier molecular flexibility index (Phi) is 2.83. The van der Waals surface area contributed by atoms with E-state index in [0.717, 1.165) is 26.1 Å². The Balaban J connectivity index is 1.87. The van der Waals surface area contributed by atoms with Crippen molar-refractivity contribution >= 4 is 0 Å². The van der Waals surface area contributed by atoms with Crippen LogP contribution >= 0.6 is 0 Å². The topological polar surface area (TPSA) is 52.9 Å². The van der Waals surface area contributed by atoms with Gasteiger partial charge in [0.25, 0.3) is 0 Å². The molecule has 2 heterocycles. The molecule has 2 aliphatic heterocycles. The van der Waals surface area contributed by atoms with Gasteiger partial charge in [-0.15, -0.1) is 0 Å². The number of aliphatic hydroxyl groups is 2. The van der Waals surface area contributed by atoms with E-state index in [1.807, 2.05) is 0 Å². The van der Waals surface area contributed by atoms with E-state index >= 15 is 0 Å². The molecule has 2 rings (SSSR count). The standard InChI is InChI=1S/C9H17NO3/c11-8-5-10(6-9(8)12)7-1-3-13-4-2-7/h7-9,11-12H,1-6H2/t8-,9+. The van der Waals surface area contributed by atoms with Crippen LogP contribution < -0.4 is 0 Å². The van der Waals surface area contributed by atoms with E-state index < -0.39 is 12.2 Å². The first-order chi connectivity index (χ1) is 6.27. The molecule has 0 radical (unpaired) electrons. The average molecular weight is 187 g/mol. The second-order valence-corrected chi connectivity index (χ2v) is 3.93. The number of hydrogen-bond donors (Lipinski definition) is 2. The molecule has 2 atom stereocenters. The molecule has 0 saturated carbocycles. The number of nitrogens with zero attached hydrogens (tertiary/aromatic N) is 1. The fourth-order valence-electron chi connectivity index (χ4n) is 2.15. The molecule has 76 valence electrons. The van der Waals surface area contributed by atoms with E-state index in [1.165, 1.54) is 0 Å². The van der Waals surface area contributed by atoms with Crippen molar-refractivity contribution < 1.29 is 14.9 Å². The fourth-order valence-corrected chi connectivity index (χ4v) is 2.15. The highest BCUT2D eigenvalue weighted by atomic mass is 16.5. The van der Waals surface area contributed by atoms with Crippen molar-refractivity contribution in [1.29, 1.82) is 0 Å². The van der Waals surface area contributed by atoms with E-state index in [1.54, 1.807) is 0 Å². The largest absolute Gasteiger partial charge is 0.389 e. The average Bonchev–Trinajstić information content (AvgIpc) is 2.49. The Morgan fingerprint density at radius 3 is 2.08 bits per heavy atom. The molecule has 0 unspecified atom stereocenters. The van der Waals surface area contributed by atoms with Gasteiger partial charge in [-0.2, -0.15) is 0 Å². The third-order valence-electron chi connectivity index (χ3n) is 2.99. The van der Waals surface area contributed by atoms with Gasteiger partial charge in [0.2, 0.25) is 0 Å². The van der Waals surface area contributed by atoms with Crippen molar-refractivity contribution in [3.8, 4) is 0 Å². The molecule has 0 spiro atoms. The number of ether oxygens (including phenoxy) is 1. The lowest BCUT2D eigenvalue weighted by atomic mass is 10.1. The van der Waals surface area contributed by atoms with Crippen LogP contribution in [0.1, 0.15) is 12.8 Å². The first-order valence-corrected chi connectivity index (χ1v) is 4.95. The summed E-state index contributed by atoms with van der Waals surface area (Å²) >= 11 is 0. The highest BCUT2D eigenvalue weighted by Crippen LogP contribution is 2.20. The summed E-state index contributed by atoms with van der Waals surface area (Å²) in [6.07, 6.45) is 0.949. The highest BCUT2D eigenvalue weighted by molar-refractivity contribution is 4.88. The number of hydrogen-bond acceptors (Lipinski definition) is 4. The number of rotatable bonds is 1. The maximum atomic E-state index is 9.38. The minimum Gasteiger partial charge on any atom is -0.389 e. The summed E-state index contributed by atoms with van der Waals surface area (Å²) in [6, 6.07) is 0.501. The molecule has 0 bridgehead atoms. The minimum atomic E-state index is -0.553. The van der Waals surface area contributed by atoms with Crippen LogP contribution in [0.25, 0.3) is 0 Å². The molecule has 4 heteroatoms. The molecule has 2 saturated heterocycles. The van der Waals surface area contributed by atoms with Gasteiger partial charge in [-0.1, -0.05) is 0 Å². The molecule has 2 fully saturated rings. The van der Waals surface area contributed by atoms with Gasteiger partial charge in [-0.05, 0) is 12.8 Å². The van der Waals surface area contributed by atoms with Gasteiger partial charge in [-0.3, -0.25) is 4.90 Å². The number of likely N-dealkylation sites (tertiary alicyclic amines) is 1. The molecule has 13 heavy (non-hydrogen) atoms. The molecule has 0 aromatic carbocycles. The van der Waals surface area contributed by atoms with Crippen LogP contribution in [0.2, 0.25) is 0 Å². The molecule has 0 aromatic rings. The molecule has 2 aliphatic rings. The molecule has 4 nitrogen and oxygen atoms in total. The zero-order valence-electron chi connectivity index (χ0n) is 7.72. The maximum absolute atomic E-state index is 9.38. The lowest BCUT2D eigenvalue weighted by molar-refractivity contribution is 0.0373. The first-order valence-electron chi connectivity index (χ1n) is 4.95. The number of aliphatic hydroxyl groups excluding tert-OH is 2. The van der Waals surface area contributed by atoms with Crippen molar-refractivity contribution in [2.24, 2.45) is 0 Å². The minimum absolute atomic E-state index is 0.501. The summed E-state index contributed by atoms with van der Waals surface area (Å²) in [6.45, 7) is 2.86. The Morgan fingerprint density at radius 1 is 1.00 bits per heavy atom. The molecular formula is C9H17NO3. The smallest absolute Gasteiger partial charge is 0.0938 e. The van der Waals surface area contributed by atoms with Gasteiger partial charge in [0.15, 0.2) is 0 Å². The molecular weight excluding hydrogens is 170 g/mol. The van der Waals surface area contributed by atoms with Crippen molar-refractivity contribution in [3.63, 3.8) is 0 Å². The third-order valence-corrected chi connectivity index (χ3v) is 2.99. The van der Waals surface area contributed by atoms with E-state index in [9.17, 15) is 10.2 Å². The SMILES string of the molecule is O[C@@H]1CN(C2CCOCC2)C[C@@H]1O. The Bertz CT molecular complexity index is 160. The molecule has 0 amide bonds. The van der Waals surface area contributed by atoms with Crippen LogP contribution in [-0.2, 0) is 4.74 Å². The van der Waals surface area contributed by atoms with Crippen LogP contribution in [-0.4, -0.2) is 59.7 Å². The van der Waals surface area contributed by atoms with E-state index in [4.69, 9.17) is 4.74 Å². The molecule has 0 aromatic heterocycles. The second-order valence-electron chi connectivity index (χ2n) is 3.93. The fraction of sp³-hybridized carbons (Fsp3) is 1.00. The predicted octanol–water partition coefficient (Wildman–Crippen LogP) is -0.797. The zero-order valence-corrected chi connectivity index (χ0v) is 7.72. The maximum Gasteiger partial charge on any atom is 0.0938 e. The predicted molar refractivity (Wildman–Crippen MR) is 47.4 cm³/mol. The monoisotopic (exact) mass is 187 g/mol. The molecule has 0 aliphatic carbocycles. The van der Waals surface area contributed by atoms with Gasteiger partial charge >= 0.3 is 0 Å². The number of β-amino-alcohol motifs (C(OH)–C–C–N with tert-alkyl or cyclic N) is 2. The lowest BCUT2D eigenvalue weighted by Gasteiger charge is -2.30. The summed E-state index contributed by atoms with van der Waals surface area (Å²) < 4.78 is 5.26. The van der Waals surface area contributed by atoms with Crippen LogP contribution in [0.4, 0.5) is 0 Å². The third kappa shape index (κ3) is 2.02. The van der Waals surface area contributed by atoms with Crippen molar-refractivity contribution in [2.45, 2.75) is 31.1 Å². The van der Waals surface area contributed by atoms with Crippen LogP contribution in [0.5, 0.6) is 0 Å². The van der Waals surface area contributed by atoms with Gasteiger partial charge in [-0.25, -0.2) is 0 Å². The van der Waals surface area contributed by atoms with E-state index in [2.05, 4.69) is 4.90 Å². The summed E-state index contributed by atoms with van der Waals surface area (Å²) in [7, 11) is 0. The second kappa shape index (κ2) is 3.92. The van der Waals surface area contributed by atoms with E-state index in [-0.39, 0.29) is 0 Å². The Morgan fingerprint density at radius 2 is 1.54 bits per heavy atom. The van der Waals surface area contributed by atoms with Crippen LogP contribution in [0, 0.1) is 0 Å². The molecule has 2 N–H and O–H groups in total. The highest BCUT2D eigenvalue weighted by Gasteiger charge is 2.34.